The molecule has 2 N–H and O–H groups in total. The highest BCUT2D eigenvalue weighted by Crippen LogP contribution is 2.35. The number of sulfonamides is 1. The van der Waals surface area contributed by atoms with Crippen LogP contribution in [0, 0.1) is 6.92 Å². The summed E-state index contributed by atoms with van der Waals surface area (Å²) in [5.41, 5.74) is 1.86. The number of ether oxygens (including phenoxy) is 1. The van der Waals surface area contributed by atoms with Gasteiger partial charge < -0.3 is 9.72 Å². The number of aromatic nitrogens is 5. The van der Waals surface area contributed by atoms with E-state index in [9.17, 15) is 13.2 Å². The van der Waals surface area contributed by atoms with E-state index in [1.54, 1.807) is 42.0 Å². The lowest BCUT2D eigenvalue weighted by Crippen LogP contribution is -2.23. The van der Waals surface area contributed by atoms with Gasteiger partial charge in [0.2, 0.25) is 10.0 Å². The second kappa shape index (κ2) is 9.82. The van der Waals surface area contributed by atoms with Gasteiger partial charge >= 0.3 is 0 Å². The van der Waals surface area contributed by atoms with E-state index in [1.807, 2.05) is 6.92 Å². The Morgan fingerprint density at radius 2 is 1.92 bits per heavy atom. The first-order chi connectivity index (χ1) is 17.4. The first-order valence-corrected chi connectivity index (χ1v) is 13.5. The topological polar surface area (TPSA) is 131 Å². The molecule has 0 aliphatic heterocycles. The molecule has 1 saturated carbocycles. The summed E-state index contributed by atoms with van der Waals surface area (Å²) in [6, 6.07) is 8.02. The lowest BCUT2D eigenvalue weighted by molar-refractivity contribution is 0.341. The summed E-state index contributed by atoms with van der Waals surface area (Å²) >= 11 is 0. The highest BCUT2D eigenvalue weighted by atomic mass is 32.2. The summed E-state index contributed by atoms with van der Waals surface area (Å²) in [4.78, 5) is 24.6. The van der Waals surface area contributed by atoms with E-state index in [4.69, 9.17) is 9.84 Å². The highest BCUT2D eigenvalue weighted by Gasteiger charge is 2.26. The predicted octanol–water partition coefficient (Wildman–Crippen LogP) is 3.32. The van der Waals surface area contributed by atoms with E-state index in [-0.39, 0.29) is 28.7 Å². The van der Waals surface area contributed by atoms with Gasteiger partial charge in [-0.15, -0.1) is 5.10 Å². The van der Waals surface area contributed by atoms with Gasteiger partial charge in [-0.05, 0) is 62.6 Å². The zero-order valence-electron chi connectivity index (χ0n) is 20.2. The first-order valence-electron chi connectivity index (χ1n) is 12.0. The molecule has 4 aromatic rings. The van der Waals surface area contributed by atoms with E-state index < -0.39 is 10.0 Å². The third kappa shape index (κ3) is 4.63. The van der Waals surface area contributed by atoms with Gasteiger partial charge in [-0.1, -0.05) is 12.8 Å². The fourth-order valence-corrected chi connectivity index (χ4v) is 5.71. The van der Waals surface area contributed by atoms with Gasteiger partial charge in [0.1, 0.15) is 11.6 Å². The zero-order chi connectivity index (χ0) is 25.3. The maximum Gasteiger partial charge on any atom is 0.277 e. The largest absolute Gasteiger partial charge is 0.493 e. The molecule has 188 valence electrons. The average Bonchev–Trinajstić information content (AvgIpc) is 3.52. The lowest BCUT2D eigenvalue weighted by Gasteiger charge is -2.14. The molecule has 11 heteroatoms. The molecule has 0 radical (unpaired) electrons. The van der Waals surface area contributed by atoms with Gasteiger partial charge in [0.25, 0.3) is 5.56 Å². The number of aryl methyl sites for hydroxylation is 1. The maximum atomic E-state index is 13.1. The van der Waals surface area contributed by atoms with Crippen LogP contribution in [0.3, 0.4) is 0 Å². The van der Waals surface area contributed by atoms with Crippen LogP contribution in [0.15, 0.2) is 52.4 Å². The van der Waals surface area contributed by atoms with Crippen molar-refractivity contribution < 1.29 is 13.2 Å². The minimum absolute atomic E-state index is 0.0376. The Hall–Kier alpha value is -3.57. The SMILES string of the molecule is CCOc1ccc(S(=O)(=O)NCc2ccncc2)cc1-c1nn2c(C3CCCC3)nc(C)c2c(=O)[nH]1. The van der Waals surface area contributed by atoms with Crippen molar-refractivity contribution in [2.45, 2.75) is 56.9 Å². The summed E-state index contributed by atoms with van der Waals surface area (Å²) in [6.45, 7) is 4.12. The maximum absolute atomic E-state index is 13.1. The number of aromatic amines is 1. The second-order valence-corrected chi connectivity index (χ2v) is 10.6. The molecule has 3 aromatic heterocycles. The third-order valence-electron chi connectivity index (χ3n) is 6.45. The van der Waals surface area contributed by atoms with Gasteiger partial charge in [-0.2, -0.15) is 0 Å². The number of nitrogens with zero attached hydrogens (tertiary/aromatic N) is 4. The van der Waals surface area contributed by atoms with Crippen LogP contribution >= 0.6 is 0 Å². The number of imidazole rings is 1. The van der Waals surface area contributed by atoms with Crippen LogP contribution in [0.1, 0.15) is 55.6 Å². The normalized spacial score (nSPS) is 14.5. The molecule has 0 bridgehead atoms. The molecule has 0 atom stereocenters. The fourth-order valence-electron chi connectivity index (χ4n) is 4.67. The van der Waals surface area contributed by atoms with Gasteiger partial charge in [-0.25, -0.2) is 22.6 Å². The number of nitrogens with one attached hydrogen (secondary N) is 2. The average molecular weight is 509 g/mol. The number of hydrogen-bond acceptors (Lipinski definition) is 7. The number of fused-ring (bicyclic) bond motifs is 1. The molecule has 10 nitrogen and oxygen atoms in total. The number of benzene rings is 1. The van der Waals surface area contributed by atoms with E-state index >= 15 is 0 Å². The van der Waals surface area contributed by atoms with E-state index in [1.165, 1.54) is 12.1 Å². The van der Waals surface area contributed by atoms with Crippen LogP contribution in [-0.2, 0) is 16.6 Å². The number of pyridine rings is 1. The Labute approximate surface area is 208 Å². The zero-order valence-corrected chi connectivity index (χ0v) is 21.0. The third-order valence-corrected chi connectivity index (χ3v) is 7.85. The van der Waals surface area contributed by atoms with E-state index in [0.717, 1.165) is 37.1 Å². The van der Waals surface area contributed by atoms with Crippen molar-refractivity contribution in [2.24, 2.45) is 0 Å². The molecule has 1 aromatic carbocycles. The van der Waals surface area contributed by atoms with Crippen LogP contribution in [-0.4, -0.2) is 39.6 Å². The van der Waals surface area contributed by atoms with Crippen molar-refractivity contribution in [3.05, 3.63) is 70.2 Å². The Bertz CT molecular complexity index is 1560. The molecule has 1 aliphatic carbocycles. The van der Waals surface area contributed by atoms with Gasteiger partial charge in [0, 0.05) is 24.9 Å². The van der Waals surface area contributed by atoms with Crippen LogP contribution < -0.4 is 15.0 Å². The van der Waals surface area contributed by atoms with Crippen LogP contribution in [0.25, 0.3) is 16.9 Å². The summed E-state index contributed by atoms with van der Waals surface area (Å²) in [5, 5.41) is 4.73. The first kappa shape index (κ1) is 24.1. The molecule has 0 unspecified atom stereocenters. The van der Waals surface area contributed by atoms with Crippen molar-refractivity contribution >= 4 is 15.5 Å². The summed E-state index contributed by atoms with van der Waals surface area (Å²) in [6.07, 6.45) is 7.46. The van der Waals surface area contributed by atoms with Crippen LogP contribution in [0.5, 0.6) is 5.75 Å². The lowest BCUT2D eigenvalue weighted by atomic mass is 10.1. The molecular formula is C25H28N6O4S. The van der Waals surface area contributed by atoms with E-state index in [2.05, 4.69) is 19.7 Å². The minimum atomic E-state index is -3.86. The van der Waals surface area contributed by atoms with Gasteiger partial charge in [0.15, 0.2) is 11.3 Å². The van der Waals surface area contributed by atoms with Crippen molar-refractivity contribution in [2.75, 3.05) is 6.61 Å². The molecule has 1 fully saturated rings. The summed E-state index contributed by atoms with van der Waals surface area (Å²) in [7, 11) is -3.86. The number of hydrogen-bond donors (Lipinski definition) is 2. The molecule has 1 aliphatic rings. The molecule has 3 heterocycles. The smallest absolute Gasteiger partial charge is 0.277 e. The van der Waals surface area contributed by atoms with Gasteiger partial charge in [-0.3, -0.25) is 9.78 Å². The minimum Gasteiger partial charge on any atom is -0.493 e. The molecule has 0 saturated heterocycles. The van der Waals surface area contributed by atoms with Crippen molar-refractivity contribution in [1.82, 2.24) is 29.3 Å². The Morgan fingerprint density at radius 3 is 2.64 bits per heavy atom. The Morgan fingerprint density at radius 1 is 1.17 bits per heavy atom. The number of rotatable bonds is 8. The molecule has 0 spiro atoms. The summed E-state index contributed by atoms with van der Waals surface area (Å²) in [5.74, 6) is 1.66. The molecule has 5 rings (SSSR count). The highest BCUT2D eigenvalue weighted by molar-refractivity contribution is 7.89. The Balaban J connectivity index is 1.58. The van der Waals surface area contributed by atoms with E-state index in [0.29, 0.717) is 29.1 Å². The number of H-pyrrole nitrogens is 1. The standard InChI is InChI=1S/C25H28N6O4S/c1-3-35-21-9-8-19(36(33,34)27-15-17-10-12-26-13-11-17)14-20(21)23-29-25(32)22-16(2)28-24(31(22)30-23)18-6-4-5-7-18/h8-14,18,27H,3-7,15H2,1-2H3,(H,29,30,32). The molecule has 36 heavy (non-hydrogen) atoms. The van der Waals surface area contributed by atoms with Gasteiger partial charge in [0.05, 0.1) is 22.8 Å². The summed E-state index contributed by atoms with van der Waals surface area (Å²) < 4.78 is 36.2. The molecular weight excluding hydrogens is 480 g/mol. The molecule has 0 amide bonds. The second-order valence-electron chi connectivity index (χ2n) is 8.87. The van der Waals surface area contributed by atoms with Crippen LogP contribution in [0.2, 0.25) is 0 Å². The van der Waals surface area contributed by atoms with Crippen molar-refractivity contribution in [1.29, 1.82) is 0 Å². The quantitative estimate of drug-likeness (QED) is 0.373. The fraction of sp³-hybridized carbons (Fsp3) is 0.360. The van der Waals surface area contributed by atoms with Crippen molar-refractivity contribution in [3.63, 3.8) is 0 Å². The Kier molecular flexibility index (Phi) is 6.59. The van der Waals surface area contributed by atoms with Crippen molar-refractivity contribution in [3.8, 4) is 17.1 Å². The van der Waals surface area contributed by atoms with Crippen LogP contribution in [0.4, 0.5) is 0 Å². The predicted molar refractivity (Wildman–Crippen MR) is 134 cm³/mol. The monoisotopic (exact) mass is 508 g/mol.